The number of ether oxygens (including phenoxy) is 1. The number of nitrogens with one attached hydrogen (secondary N) is 1. The monoisotopic (exact) mass is 374 g/mol. The van der Waals surface area contributed by atoms with E-state index in [9.17, 15) is 9.90 Å². The van der Waals surface area contributed by atoms with Crippen molar-refractivity contribution in [3.05, 3.63) is 34.9 Å². The standard InChI is InChI=1S/C22H34N2O3/c1-3-27-15-20-19-13-17(2)7-8-18(19)9-12-24(20)21(25)14-23-16-22(26)10-5-4-6-11-22/h7-8,13,20,23,26H,3-6,9-12,14-16H2,1-2H3. The van der Waals surface area contributed by atoms with Gasteiger partial charge in [-0.25, -0.2) is 0 Å². The van der Waals surface area contributed by atoms with E-state index in [0.29, 0.717) is 19.8 Å². The quantitative estimate of drug-likeness (QED) is 0.770. The number of nitrogens with zero attached hydrogens (tertiary/aromatic N) is 1. The lowest BCUT2D eigenvalue weighted by Crippen LogP contribution is -2.49. The molecule has 0 radical (unpaired) electrons. The Morgan fingerprint density at radius 1 is 1.33 bits per heavy atom. The Bertz CT molecular complexity index is 640. The summed E-state index contributed by atoms with van der Waals surface area (Å²) in [6.07, 6.45) is 5.89. The highest BCUT2D eigenvalue weighted by atomic mass is 16.5. The number of hydrogen-bond acceptors (Lipinski definition) is 4. The molecular formula is C22H34N2O3. The lowest BCUT2D eigenvalue weighted by molar-refractivity contribution is -0.134. The second-order valence-electron chi connectivity index (χ2n) is 8.10. The zero-order chi connectivity index (χ0) is 19.3. The first kappa shape index (κ1) is 20.3. The molecule has 1 aliphatic heterocycles. The van der Waals surface area contributed by atoms with Crippen molar-refractivity contribution in [3.8, 4) is 0 Å². The van der Waals surface area contributed by atoms with Crippen LogP contribution >= 0.6 is 0 Å². The maximum Gasteiger partial charge on any atom is 0.237 e. The van der Waals surface area contributed by atoms with Gasteiger partial charge in [0.25, 0.3) is 0 Å². The third-order valence-corrected chi connectivity index (χ3v) is 5.97. The molecule has 5 heteroatoms. The topological polar surface area (TPSA) is 61.8 Å². The Hall–Kier alpha value is -1.43. The molecule has 2 N–H and O–H groups in total. The van der Waals surface area contributed by atoms with Crippen LogP contribution in [0.3, 0.4) is 0 Å². The summed E-state index contributed by atoms with van der Waals surface area (Å²) >= 11 is 0. The van der Waals surface area contributed by atoms with Gasteiger partial charge in [0.05, 0.1) is 24.8 Å². The highest BCUT2D eigenvalue weighted by molar-refractivity contribution is 5.79. The van der Waals surface area contributed by atoms with E-state index in [2.05, 4.69) is 30.4 Å². The second kappa shape index (κ2) is 9.18. The molecular weight excluding hydrogens is 340 g/mol. The molecule has 0 bridgehead atoms. The molecule has 1 amide bonds. The van der Waals surface area contributed by atoms with E-state index >= 15 is 0 Å². The van der Waals surface area contributed by atoms with Crippen LogP contribution < -0.4 is 5.32 Å². The minimum absolute atomic E-state index is 0.0272. The number of benzene rings is 1. The maximum atomic E-state index is 12.9. The summed E-state index contributed by atoms with van der Waals surface area (Å²) < 4.78 is 5.71. The Labute approximate surface area is 163 Å². The number of aryl methyl sites for hydroxylation is 1. The van der Waals surface area contributed by atoms with E-state index in [-0.39, 0.29) is 18.5 Å². The summed E-state index contributed by atoms with van der Waals surface area (Å²) in [6.45, 7) is 6.74. The van der Waals surface area contributed by atoms with Gasteiger partial charge in [-0.05, 0) is 44.2 Å². The van der Waals surface area contributed by atoms with Crippen LogP contribution in [0.15, 0.2) is 18.2 Å². The Morgan fingerprint density at radius 2 is 2.11 bits per heavy atom. The smallest absolute Gasteiger partial charge is 0.237 e. The van der Waals surface area contributed by atoms with Gasteiger partial charge in [0.1, 0.15) is 0 Å². The van der Waals surface area contributed by atoms with E-state index in [1.54, 1.807) is 0 Å². The minimum Gasteiger partial charge on any atom is -0.389 e. The van der Waals surface area contributed by atoms with E-state index in [4.69, 9.17) is 4.74 Å². The van der Waals surface area contributed by atoms with Gasteiger partial charge in [-0.1, -0.05) is 43.0 Å². The first-order valence-corrected chi connectivity index (χ1v) is 10.4. The van der Waals surface area contributed by atoms with Crippen molar-refractivity contribution in [2.24, 2.45) is 0 Å². The van der Waals surface area contributed by atoms with Crippen molar-refractivity contribution in [2.75, 3.05) is 32.8 Å². The van der Waals surface area contributed by atoms with Crippen molar-refractivity contribution in [1.82, 2.24) is 10.2 Å². The van der Waals surface area contributed by atoms with Crippen LogP contribution in [0.2, 0.25) is 0 Å². The number of rotatable bonds is 7. The molecule has 0 saturated heterocycles. The van der Waals surface area contributed by atoms with Gasteiger partial charge < -0.3 is 20.1 Å². The fourth-order valence-corrected chi connectivity index (χ4v) is 4.41. The molecule has 1 atom stereocenters. The lowest BCUT2D eigenvalue weighted by atomic mass is 9.85. The Balaban J connectivity index is 1.63. The van der Waals surface area contributed by atoms with Gasteiger partial charge in [0.2, 0.25) is 5.91 Å². The molecule has 1 aromatic carbocycles. The van der Waals surface area contributed by atoms with Gasteiger partial charge in [-0.3, -0.25) is 4.79 Å². The van der Waals surface area contributed by atoms with Crippen molar-refractivity contribution in [1.29, 1.82) is 0 Å². The third kappa shape index (κ3) is 5.09. The predicted octanol–water partition coefficient (Wildman–Crippen LogP) is 2.74. The van der Waals surface area contributed by atoms with Gasteiger partial charge in [-0.2, -0.15) is 0 Å². The minimum atomic E-state index is -0.644. The molecule has 1 aliphatic carbocycles. The van der Waals surface area contributed by atoms with Crippen LogP contribution in [0.5, 0.6) is 0 Å². The summed E-state index contributed by atoms with van der Waals surface area (Å²) in [4.78, 5) is 14.9. The van der Waals surface area contributed by atoms with Gasteiger partial charge in [0, 0.05) is 19.7 Å². The van der Waals surface area contributed by atoms with Crippen LogP contribution in [0.25, 0.3) is 0 Å². The molecule has 0 aromatic heterocycles. The normalized spacial score (nSPS) is 21.7. The van der Waals surface area contributed by atoms with Crippen LogP contribution in [-0.2, 0) is 16.0 Å². The molecule has 27 heavy (non-hydrogen) atoms. The molecule has 1 heterocycles. The molecule has 5 nitrogen and oxygen atoms in total. The SMILES string of the molecule is CCOCC1c2cc(C)ccc2CCN1C(=O)CNCC1(O)CCCCC1. The number of hydrogen-bond donors (Lipinski definition) is 2. The summed E-state index contributed by atoms with van der Waals surface area (Å²) in [6, 6.07) is 6.49. The fraction of sp³-hybridized carbons (Fsp3) is 0.682. The van der Waals surface area contributed by atoms with Crippen molar-refractivity contribution in [3.63, 3.8) is 0 Å². The zero-order valence-corrected chi connectivity index (χ0v) is 16.8. The number of aliphatic hydroxyl groups is 1. The van der Waals surface area contributed by atoms with Crippen LogP contribution in [0.4, 0.5) is 0 Å². The van der Waals surface area contributed by atoms with Crippen LogP contribution in [0, 0.1) is 6.92 Å². The molecule has 3 rings (SSSR count). The first-order chi connectivity index (χ1) is 13.0. The average Bonchev–Trinajstić information content (AvgIpc) is 2.66. The fourth-order valence-electron chi connectivity index (χ4n) is 4.41. The number of amides is 1. The van der Waals surface area contributed by atoms with Gasteiger partial charge >= 0.3 is 0 Å². The molecule has 1 saturated carbocycles. The van der Waals surface area contributed by atoms with E-state index in [1.807, 2.05) is 11.8 Å². The van der Waals surface area contributed by atoms with E-state index < -0.39 is 5.60 Å². The van der Waals surface area contributed by atoms with Crippen molar-refractivity contribution in [2.45, 2.75) is 64.0 Å². The highest BCUT2D eigenvalue weighted by Crippen LogP contribution is 2.31. The molecule has 2 aliphatic rings. The number of carbonyl (C=O) groups excluding carboxylic acids is 1. The van der Waals surface area contributed by atoms with Crippen LogP contribution in [0.1, 0.15) is 61.8 Å². The largest absolute Gasteiger partial charge is 0.389 e. The molecule has 1 unspecified atom stereocenters. The van der Waals surface area contributed by atoms with Gasteiger partial charge in [-0.15, -0.1) is 0 Å². The zero-order valence-electron chi connectivity index (χ0n) is 16.8. The van der Waals surface area contributed by atoms with Crippen molar-refractivity contribution >= 4 is 5.91 Å². The van der Waals surface area contributed by atoms with E-state index in [1.165, 1.54) is 23.1 Å². The average molecular weight is 375 g/mol. The molecule has 1 fully saturated rings. The number of fused-ring (bicyclic) bond motifs is 1. The third-order valence-electron chi connectivity index (χ3n) is 5.97. The molecule has 1 aromatic rings. The molecule has 0 spiro atoms. The lowest BCUT2D eigenvalue weighted by Gasteiger charge is -2.38. The summed E-state index contributed by atoms with van der Waals surface area (Å²) in [5, 5.41) is 13.8. The molecule has 150 valence electrons. The van der Waals surface area contributed by atoms with Crippen LogP contribution in [-0.4, -0.2) is 54.4 Å². The predicted molar refractivity (Wildman–Crippen MR) is 107 cm³/mol. The second-order valence-corrected chi connectivity index (χ2v) is 8.10. The summed E-state index contributed by atoms with van der Waals surface area (Å²) in [7, 11) is 0. The summed E-state index contributed by atoms with van der Waals surface area (Å²) in [5.41, 5.74) is 3.10. The first-order valence-electron chi connectivity index (χ1n) is 10.4. The Kier molecular flexibility index (Phi) is 6.90. The van der Waals surface area contributed by atoms with E-state index in [0.717, 1.165) is 38.6 Å². The Morgan fingerprint density at radius 3 is 2.85 bits per heavy atom. The highest BCUT2D eigenvalue weighted by Gasteiger charge is 2.32. The number of carbonyl (C=O) groups is 1. The van der Waals surface area contributed by atoms with Crippen molar-refractivity contribution < 1.29 is 14.6 Å². The maximum absolute atomic E-state index is 12.9. The summed E-state index contributed by atoms with van der Waals surface area (Å²) in [5.74, 6) is 0.0891. The van der Waals surface area contributed by atoms with Gasteiger partial charge in [0.15, 0.2) is 0 Å².